The number of aromatic nitrogens is 4. The molecule has 6 nitrogen and oxygen atoms in total. The lowest BCUT2D eigenvalue weighted by molar-refractivity contribution is 0.505. The minimum absolute atomic E-state index is 0.166. The van der Waals surface area contributed by atoms with Crippen molar-refractivity contribution in [3.05, 3.63) is 35.2 Å². The van der Waals surface area contributed by atoms with Crippen LogP contribution in [0.5, 0.6) is 0 Å². The van der Waals surface area contributed by atoms with Crippen molar-refractivity contribution >= 4 is 12.2 Å². The molecule has 2 heterocycles. The van der Waals surface area contributed by atoms with Gasteiger partial charge in [-0.2, -0.15) is 0 Å². The zero-order chi connectivity index (χ0) is 11.7. The summed E-state index contributed by atoms with van der Waals surface area (Å²) in [6.45, 7) is 0. The molecule has 0 aliphatic rings. The van der Waals surface area contributed by atoms with Gasteiger partial charge in [0.2, 0.25) is 5.89 Å². The minimum Gasteiger partial charge on any atom is -0.412 e. The normalized spacial score (nSPS) is 10.6. The largest absolute Gasteiger partial charge is 0.412 e. The van der Waals surface area contributed by atoms with Gasteiger partial charge in [-0.1, -0.05) is 18.2 Å². The zero-order valence-electron chi connectivity index (χ0n) is 8.45. The van der Waals surface area contributed by atoms with Gasteiger partial charge in [-0.3, -0.25) is 0 Å². The van der Waals surface area contributed by atoms with Crippen LogP contribution in [0.25, 0.3) is 23.2 Å². The molecule has 2 aromatic heterocycles. The van der Waals surface area contributed by atoms with Crippen LogP contribution < -0.4 is 0 Å². The van der Waals surface area contributed by atoms with Crippen LogP contribution in [0.2, 0.25) is 0 Å². The van der Waals surface area contributed by atoms with E-state index in [0.29, 0.717) is 5.89 Å². The Bertz CT molecular complexity index is 685. The Labute approximate surface area is 100 Å². The van der Waals surface area contributed by atoms with E-state index in [-0.39, 0.29) is 16.6 Å². The van der Waals surface area contributed by atoms with Crippen molar-refractivity contribution in [2.24, 2.45) is 0 Å². The second kappa shape index (κ2) is 3.95. The van der Waals surface area contributed by atoms with E-state index in [2.05, 4.69) is 20.4 Å². The minimum atomic E-state index is 0.166. The first kappa shape index (κ1) is 9.91. The molecule has 7 heteroatoms. The van der Waals surface area contributed by atoms with Gasteiger partial charge in [-0.15, -0.1) is 15.3 Å². The number of benzene rings is 1. The third-order valence-electron chi connectivity index (χ3n) is 2.07. The first-order chi connectivity index (χ1) is 8.33. The third kappa shape index (κ3) is 1.87. The highest BCUT2D eigenvalue weighted by atomic mass is 32.1. The predicted octanol–water partition coefficient (Wildman–Crippen LogP) is 2.45. The van der Waals surface area contributed by atoms with Crippen molar-refractivity contribution in [3.8, 4) is 23.2 Å². The van der Waals surface area contributed by atoms with Crippen molar-refractivity contribution in [2.75, 3.05) is 0 Å². The highest BCUT2D eigenvalue weighted by molar-refractivity contribution is 7.71. The van der Waals surface area contributed by atoms with Crippen LogP contribution in [0.15, 0.2) is 39.2 Å². The first-order valence-electron chi connectivity index (χ1n) is 4.78. The van der Waals surface area contributed by atoms with Crippen LogP contribution in [0.1, 0.15) is 0 Å². The molecule has 84 valence electrons. The van der Waals surface area contributed by atoms with Crippen molar-refractivity contribution in [2.45, 2.75) is 0 Å². The Balaban J connectivity index is 2.01. The fourth-order valence-corrected chi connectivity index (χ4v) is 1.45. The van der Waals surface area contributed by atoms with Gasteiger partial charge in [-0.25, -0.2) is 5.10 Å². The highest BCUT2D eigenvalue weighted by Crippen LogP contribution is 2.21. The Morgan fingerprint density at radius 2 is 1.71 bits per heavy atom. The summed E-state index contributed by atoms with van der Waals surface area (Å²) in [6.07, 6.45) is 0. The summed E-state index contributed by atoms with van der Waals surface area (Å²) in [6, 6.07) is 9.43. The van der Waals surface area contributed by atoms with E-state index in [1.807, 2.05) is 30.3 Å². The second-order valence-electron chi connectivity index (χ2n) is 3.20. The quantitative estimate of drug-likeness (QED) is 0.699. The monoisotopic (exact) mass is 246 g/mol. The van der Waals surface area contributed by atoms with Gasteiger partial charge >= 0.3 is 11.8 Å². The molecule has 0 bridgehead atoms. The van der Waals surface area contributed by atoms with Gasteiger partial charge in [0.05, 0.1) is 0 Å². The molecule has 0 amide bonds. The molecule has 0 aliphatic heterocycles. The molecule has 0 radical (unpaired) electrons. The maximum atomic E-state index is 5.42. The summed E-state index contributed by atoms with van der Waals surface area (Å²) in [5, 5.41) is 14.0. The Morgan fingerprint density at radius 3 is 2.41 bits per heavy atom. The van der Waals surface area contributed by atoms with Crippen LogP contribution in [-0.4, -0.2) is 20.4 Å². The van der Waals surface area contributed by atoms with Crippen molar-refractivity contribution < 1.29 is 8.83 Å². The number of H-pyrrole nitrogens is 1. The maximum Gasteiger partial charge on any atom is 0.306 e. The number of rotatable bonds is 2. The predicted molar refractivity (Wildman–Crippen MR) is 60.4 cm³/mol. The number of aromatic amines is 1. The molecular weight excluding hydrogens is 240 g/mol. The molecule has 3 aromatic rings. The molecule has 0 spiro atoms. The summed E-state index contributed by atoms with van der Waals surface area (Å²) in [5.41, 5.74) is 0.834. The highest BCUT2D eigenvalue weighted by Gasteiger charge is 2.14. The van der Waals surface area contributed by atoms with Crippen molar-refractivity contribution in [1.82, 2.24) is 20.4 Å². The van der Waals surface area contributed by atoms with Crippen LogP contribution in [0.3, 0.4) is 0 Å². The van der Waals surface area contributed by atoms with Crippen molar-refractivity contribution in [1.29, 1.82) is 0 Å². The molecule has 0 saturated carbocycles. The molecule has 0 fully saturated rings. The SMILES string of the molecule is S=c1[nH]nc(-c2nnc(-c3ccccc3)o2)o1. The maximum absolute atomic E-state index is 5.42. The summed E-state index contributed by atoms with van der Waals surface area (Å²) >= 11 is 4.76. The van der Waals surface area contributed by atoms with Crippen LogP contribution in [-0.2, 0) is 0 Å². The number of nitrogens with one attached hydrogen (secondary N) is 1. The lowest BCUT2D eigenvalue weighted by Crippen LogP contribution is -1.77. The second-order valence-corrected chi connectivity index (χ2v) is 3.57. The van der Waals surface area contributed by atoms with Crippen LogP contribution in [0.4, 0.5) is 0 Å². The zero-order valence-corrected chi connectivity index (χ0v) is 9.27. The molecule has 1 aromatic carbocycles. The summed E-state index contributed by atoms with van der Waals surface area (Å²) in [4.78, 5) is 0.166. The van der Waals surface area contributed by atoms with Gasteiger partial charge in [0.25, 0.3) is 4.84 Å². The Morgan fingerprint density at radius 1 is 0.941 bits per heavy atom. The fraction of sp³-hybridized carbons (Fsp3) is 0. The molecule has 17 heavy (non-hydrogen) atoms. The molecule has 0 aliphatic carbocycles. The van der Waals surface area contributed by atoms with Crippen LogP contribution in [0, 0.1) is 4.84 Å². The lowest BCUT2D eigenvalue weighted by atomic mass is 10.2. The Hall–Kier alpha value is -2.28. The topological polar surface area (TPSA) is 80.7 Å². The van der Waals surface area contributed by atoms with Gasteiger partial charge in [0, 0.05) is 5.56 Å². The van der Waals surface area contributed by atoms with E-state index in [9.17, 15) is 0 Å². The van der Waals surface area contributed by atoms with E-state index in [1.165, 1.54) is 0 Å². The molecular formula is C10H6N4O2S. The molecule has 1 N–H and O–H groups in total. The average molecular weight is 246 g/mol. The summed E-state index contributed by atoms with van der Waals surface area (Å²) in [7, 11) is 0. The molecule has 3 rings (SSSR count). The summed E-state index contributed by atoms with van der Waals surface area (Å²) in [5.74, 6) is 0.783. The van der Waals surface area contributed by atoms with Gasteiger partial charge < -0.3 is 8.83 Å². The smallest absolute Gasteiger partial charge is 0.306 e. The van der Waals surface area contributed by atoms with E-state index < -0.39 is 0 Å². The van der Waals surface area contributed by atoms with Gasteiger partial charge in [0.15, 0.2) is 0 Å². The van der Waals surface area contributed by atoms with Crippen LogP contribution >= 0.6 is 12.2 Å². The van der Waals surface area contributed by atoms with Gasteiger partial charge in [0.1, 0.15) is 0 Å². The van der Waals surface area contributed by atoms with Gasteiger partial charge in [-0.05, 0) is 24.4 Å². The van der Waals surface area contributed by atoms with E-state index in [0.717, 1.165) is 5.56 Å². The molecule has 0 saturated heterocycles. The molecule has 0 unspecified atom stereocenters. The number of nitrogens with zero attached hydrogens (tertiary/aromatic N) is 3. The van der Waals surface area contributed by atoms with E-state index in [1.54, 1.807) is 0 Å². The lowest BCUT2D eigenvalue weighted by Gasteiger charge is -1.90. The van der Waals surface area contributed by atoms with E-state index >= 15 is 0 Å². The molecule has 0 atom stereocenters. The third-order valence-corrected chi connectivity index (χ3v) is 2.24. The first-order valence-corrected chi connectivity index (χ1v) is 5.18. The number of hydrogen-bond donors (Lipinski definition) is 1. The number of hydrogen-bond acceptors (Lipinski definition) is 6. The summed E-state index contributed by atoms with van der Waals surface area (Å²) < 4.78 is 10.5. The fourth-order valence-electron chi connectivity index (χ4n) is 1.33. The average Bonchev–Trinajstić information content (AvgIpc) is 2.98. The Kier molecular flexibility index (Phi) is 2.30. The standard InChI is InChI=1S/C10H6N4O2S/c17-10-14-13-9(16-10)8-12-11-7(15-8)6-4-2-1-3-5-6/h1-5H,(H,14,17). The van der Waals surface area contributed by atoms with Crippen molar-refractivity contribution in [3.63, 3.8) is 0 Å². The van der Waals surface area contributed by atoms with E-state index in [4.69, 9.17) is 21.1 Å².